The maximum atomic E-state index is 15.0. The van der Waals surface area contributed by atoms with Gasteiger partial charge >= 0.3 is 0 Å². The summed E-state index contributed by atoms with van der Waals surface area (Å²) < 4.78 is 20.4. The van der Waals surface area contributed by atoms with E-state index in [1.807, 2.05) is 50.5 Å². The van der Waals surface area contributed by atoms with E-state index in [2.05, 4.69) is 26.9 Å². The van der Waals surface area contributed by atoms with E-state index >= 15 is 4.39 Å². The topological polar surface area (TPSA) is 65.6 Å². The summed E-state index contributed by atoms with van der Waals surface area (Å²) >= 11 is 7.06. The third-order valence-electron chi connectivity index (χ3n) is 7.85. The smallest absolute Gasteiger partial charge is 0.167 e. The molecule has 0 bridgehead atoms. The number of anilines is 1. The van der Waals surface area contributed by atoms with Crippen molar-refractivity contribution in [2.75, 3.05) is 65.8 Å². The lowest BCUT2D eigenvalue weighted by Crippen LogP contribution is -2.48. The summed E-state index contributed by atoms with van der Waals surface area (Å²) in [6.45, 7) is 6.06. The van der Waals surface area contributed by atoms with Crippen LogP contribution in [0.15, 0.2) is 54.6 Å². The van der Waals surface area contributed by atoms with Crippen LogP contribution in [0.3, 0.4) is 0 Å². The Kier molecular flexibility index (Phi) is 10.6. The molecule has 1 heterocycles. The average molecular weight is 566 g/mol. The van der Waals surface area contributed by atoms with Crippen LogP contribution in [0.2, 0.25) is 5.02 Å². The highest BCUT2D eigenvalue weighted by Gasteiger charge is 2.43. The fourth-order valence-electron chi connectivity index (χ4n) is 5.76. The number of ketones is 1. The predicted molar refractivity (Wildman–Crippen MR) is 161 cm³/mol. The number of piperidine rings is 1. The van der Waals surface area contributed by atoms with Gasteiger partial charge in [0, 0.05) is 68.7 Å². The van der Waals surface area contributed by atoms with E-state index in [-0.39, 0.29) is 23.4 Å². The highest BCUT2D eigenvalue weighted by Crippen LogP contribution is 2.48. The molecule has 3 aromatic carbocycles. The van der Waals surface area contributed by atoms with E-state index in [9.17, 15) is 4.79 Å². The second-order valence-electron chi connectivity index (χ2n) is 10.3. The van der Waals surface area contributed by atoms with E-state index in [0.717, 1.165) is 36.4 Å². The second kappa shape index (κ2) is 14.1. The first-order chi connectivity index (χ1) is 19.4. The molecule has 3 atom stereocenters. The van der Waals surface area contributed by atoms with Crippen LogP contribution in [0, 0.1) is 24.7 Å². The standard InChI is InChI=1S/C32H39ClFN4O2/c1-21-24(10-6-12-28(21)34)30-26(25-11-7-13-29(31(25)33)37-15-14-35-2)19-38(17-16-36-3)20-27(30)32(39)22-8-5-9-23(18-22)40-4/h5-12,18,26-27,30,35-37H,14-17,19-20H2,1-4H3/t26-,27+,30-/m1/s1. The first-order valence-electron chi connectivity index (χ1n) is 13.8. The molecule has 0 aliphatic carbocycles. The number of likely N-dealkylation sites (N-methyl/N-ethyl adjacent to an activating group) is 2. The summed E-state index contributed by atoms with van der Waals surface area (Å²) in [5.41, 5.74) is 3.65. The van der Waals surface area contributed by atoms with Gasteiger partial charge in [0.25, 0.3) is 0 Å². The molecule has 1 aliphatic heterocycles. The van der Waals surface area contributed by atoms with Gasteiger partial charge in [-0.3, -0.25) is 4.79 Å². The monoisotopic (exact) mass is 565 g/mol. The van der Waals surface area contributed by atoms with Gasteiger partial charge in [-0.15, -0.1) is 0 Å². The minimum atomic E-state index is -0.427. The number of carbonyl (C=O) groups excluding carboxylic acids is 1. The first kappa shape index (κ1) is 30.0. The molecule has 0 saturated carbocycles. The maximum absolute atomic E-state index is 15.0. The number of hydrogen-bond donors (Lipinski definition) is 3. The molecule has 1 radical (unpaired) electrons. The Hall–Kier alpha value is -2.97. The first-order valence-corrected chi connectivity index (χ1v) is 14.2. The van der Waals surface area contributed by atoms with Crippen molar-refractivity contribution in [1.29, 1.82) is 0 Å². The molecule has 4 rings (SSSR count). The van der Waals surface area contributed by atoms with E-state index in [4.69, 9.17) is 16.3 Å². The summed E-state index contributed by atoms with van der Waals surface area (Å²) in [7, 11) is 5.41. The molecule has 3 aromatic rings. The van der Waals surface area contributed by atoms with Gasteiger partial charge in [0.2, 0.25) is 0 Å². The molecule has 1 aliphatic rings. The number of likely N-dealkylation sites (tertiary alicyclic amines) is 1. The second-order valence-corrected chi connectivity index (χ2v) is 10.7. The molecule has 6 nitrogen and oxygen atoms in total. The van der Waals surface area contributed by atoms with Crippen molar-refractivity contribution in [2.24, 2.45) is 5.92 Å². The van der Waals surface area contributed by atoms with Crippen LogP contribution in [0.4, 0.5) is 10.1 Å². The summed E-state index contributed by atoms with van der Waals surface area (Å²) in [6.07, 6.45) is 0. The summed E-state index contributed by atoms with van der Waals surface area (Å²) in [4.78, 5) is 16.6. The van der Waals surface area contributed by atoms with Crippen LogP contribution < -0.4 is 20.7 Å². The third kappa shape index (κ3) is 6.66. The molecule has 1 saturated heterocycles. The van der Waals surface area contributed by atoms with E-state index < -0.39 is 5.92 Å². The van der Waals surface area contributed by atoms with Gasteiger partial charge in [0.1, 0.15) is 11.6 Å². The Labute approximate surface area is 242 Å². The minimum absolute atomic E-state index is 0.0118. The molecule has 1 fully saturated rings. The van der Waals surface area contributed by atoms with Gasteiger partial charge in [-0.05, 0) is 55.9 Å². The van der Waals surface area contributed by atoms with Crippen LogP contribution >= 0.6 is 11.6 Å². The van der Waals surface area contributed by atoms with Crippen molar-refractivity contribution in [3.05, 3.63) is 93.8 Å². The van der Waals surface area contributed by atoms with Crippen molar-refractivity contribution in [3.63, 3.8) is 0 Å². The third-order valence-corrected chi connectivity index (χ3v) is 8.26. The Bertz CT molecular complexity index is 1300. The number of nitrogens with one attached hydrogen (secondary N) is 3. The zero-order valence-corrected chi connectivity index (χ0v) is 24.4. The average Bonchev–Trinajstić information content (AvgIpc) is 2.98. The zero-order chi connectivity index (χ0) is 28.6. The van der Waals surface area contributed by atoms with E-state index in [1.54, 1.807) is 26.2 Å². The molecule has 0 unspecified atom stereocenters. The summed E-state index contributed by atoms with van der Waals surface area (Å²) in [5.74, 6) is -0.504. The number of carbonyl (C=O) groups is 1. The van der Waals surface area contributed by atoms with Crippen molar-refractivity contribution in [2.45, 2.75) is 18.8 Å². The molecule has 40 heavy (non-hydrogen) atoms. The SMILES string of the molecule is CNCCNc1[c]ccc([C@H]2CN(CCNC)C[C@H](C(=O)c3cccc(OC)c3)[C@@H]2c2cccc(F)c2C)c1Cl. The maximum Gasteiger partial charge on any atom is 0.167 e. The molecular weight excluding hydrogens is 527 g/mol. The summed E-state index contributed by atoms with van der Waals surface area (Å²) in [5, 5.41) is 10.3. The van der Waals surface area contributed by atoms with Crippen LogP contribution in [0.25, 0.3) is 0 Å². The highest BCUT2D eigenvalue weighted by molar-refractivity contribution is 6.34. The van der Waals surface area contributed by atoms with Gasteiger partial charge in [0.05, 0.1) is 17.8 Å². The molecule has 213 valence electrons. The van der Waals surface area contributed by atoms with Crippen LogP contribution in [-0.2, 0) is 0 Å². The van der Waals surface area contributed by atoms with E-state index in [1.165, 1.54) is 6.07 Å². The van der Waals surface area contributed by atoms with Gasteiger partial charge in [-0.1, -0.05) is 48.0 Å². The number of halogens is 2. The number of rotatable bonds is 12. The van der Waals surface area contributed by atoms with E-state index in [0.29, 0.717) is 41.5 Å². The number of nitrogens with zero attached hydrogens (tertiary/aromatic N) is 1. The lowest BCUT2D eigenvalue weighted by atomic mass is 9.67. The molecule has 8 heteroatoms. The fourth-order valence-corrected chi connectivity index (χ4v) is 6.09. The van der Waals surface area contributed by atoms with Gasteiger partial charge in [-0.25, -0.2) is 4.39 Å². The largest absolute Gasteiger partial charge is 0.497 e. The zero-order valence-electron chi connectivity index (χ0n) is 23.7. The highest BCUT2D eigenvalue weighted by atomic mass is 35.5. The Balaban J connectivity index is 1.86. The van der Waals surface area contributed by atoms with Crippen molar-refractivity contribution >= 4 is 23.1 Å². The molecule has 0 aromatic heterocycles. The van der Waals surface area contributed by atoms with Crippen molar-refractivity contribution in [1.82, 2.24) is 15.5 Å². The lowest BCUT2D eigenvalue weighted by Gasteiger charge is -2.45. The van der Waals surface area contributed by atoms with Gasteiger partial charge in [-0.2, -0.15) is 0 Å². The number of benzene rings is 3. The fraction of sp³-hybridized carbons (Fsp3) is 0.406. The van der Waals surface area contributed by atoms with Crippen LogP contribution in [0.1, 0.15) is 38.9 Å². The summed E-state index contributed by atoms with van der Waals surface area (Å²) in [6, 6.07) is 19.6. The Morgan fingerprint density at radius 1 is 1.07 bits per heavy atom. The molecule has 0 amide bonds. The Morgan fingerprint density at radius 3 is 2.60 bits per heavy atom. The molecule has 0 spiro atoms. The lowest BCUT2D eigenvalue weighted by molar-refractivity contribution is 0.0742. The van der Waals surface area contributed by atoms with Gasteiger partial charge < -0.3 is 25.6 Å². The number of Topliss-reactive ketones (excluding diaryl/α,β-unsaturated/α-hetero) is 1. The number of methoxy groups -OCH3 is 1. The molecule has 3 N–H and O–H groups in total. The van der Waals surface area contributed by atoms with Crippen molar-refractivity contribution < 1.29 is 13.9 Å². The number of hydrogen-bond acceptors (Lipinski definition) is 6. The van der Waals surface area contributed by atoms with Crippen LogP contribution in [0.5, 0.6) is 5.75 Å². The van der Waals surface area contributed by atoms with Crippen molar-refractivity contribution in [3.8, 4) is 5.75 Å². The quantitative estimate of drug-likeness (QED) is 0.209. The normalized spacial score (nSPS) is 19.4. The minimum Gasteiger partial charge on any atom is -0.497 e. The Morgan fingerprint density at radius 2 is 1.85 bits per heavy atom. The van der Waals surface area contributed by atoms with Gasteiger partial charge in [0.15, 0.2) is 5.78 Å². The van der Waals surface area contributed by atoms with Crippen LogP contribution in [-0.4, -0.2) is 71.2 Å². The predicted octanol–water partition coefficient (Wildman–Crippen LogP) is 5.13. The molecular formula is C32H39ClFN4O2. The number of ether oxygens (including phenoxy) is 1.